The molecule has 0 aliphatic rings. The Morgan fingerprint density at radius 3 is 2.90 bits per heavy atom. The van der Waals surface area contributed by atoms with Crippen LogP contribution in [0.4, 0.5) is 0 Å². The summed E-state index contributed by atoms with van der Waals surface area (Å²) < 4.78 is 1.46. The van der Waals surface area contributed by atoms with Crippen molar-refractivity contribution in [1.82, 2.24) is 14.8 Å². The van der Waals surface area contributed by atoms with E-state index in [0.717, 1.165) is 23.3 Å². The summed E-state index contributed by atoms with van der Waals surface area (Å²) in [6.45, 7) is 2.06. The summed E-state index contributed by atoms with van der Waals surface area (Å²) >= 11 is 7.65. The Morgan fingerprint density at radius 1 is 1.55 bits per heavy atom. The first-order chi connectivity index (χ1) is 9.52. The number of nitrogens with two attached hydrogens (primary N) is 1. The third-order valence-corrected chi connectivity index (χ3v) is 4.75. The Kier molecular flexibility index (Phi) is 4.91. The fourth-order valence-corrected chi connectivity index (χ4v) is 3.02. The summed E-state index contributed by atoms with van der Waals surface area (Å²) in [6, 6.07) is 5.84. The van der Waals surface area contributed by atoms with Gasteiger partial charge in [-0.15, -0.1) is 5.10 Å². The average Bonchev–Trinajstić information content (AvgIpc) is 2.74. The third-order valence-electron chi connectivity index (χ3n) is 3.09. The third kappa shape index (κ3) is 3.26. The Morgan fingerprint density at radius 2 is 2.30 bits per heavy atom. The normalized spacial score (nSPS) is 12.6. The van der Waals surface area contributed by atoms with Crippen LogP contribution in [-0.4, -0.2) is 20.8 Å². The van der Waals surface area contributed by atoms with Crippen LogP contribution in [0.1, 0.15) is 18.9 Å². The monoisotopic (exact) mass is 312 g/mol. The highest BCUT2D eigenvalue weighted by Gasteiger charge is 2.14. The molecule has 1 heterocycles. The first-order valence-electron chi connectivity index (χ1n) is 6.35. The lowest BCUT2D eigenvalue weighted by Gasteiger charge is -2.13. The molecule has 7 heteroatoms. The Hall–Kier alpha value is -1.24. The van der Waals surface area contributed by atoms with E-state index in [-0.39, 0.29) is 11.7 Å². The van der Waals surface area contributed by atoms with Crippen molar-refractivity contribution >= 4 is 23.4 Å². The second kappa shape index (κ2) is 6.47. The van der Waals surface area contributed by atoms with Gasteiger partial charge in [-0.3, -0.25) is 4.57 Å². The lowest BCUT2D eigenvalue weighted by molar-refractivity contribution is 0.641. The Balaban J connectivity index is 2.35. The summed E-state index contributed by atoms with van der Waals surface area (Å²) in [6.07, 6.45) is 1.65. The minimum Gasteiger partial charge on any atom is -0.327 e. The lowest BCUT2D eigenvalue weighted by Crippen LogP contribution is -2.21. The standard InChI is InChI=1S/C13H17ClN4OS/c1-3-9(15)7-8-5-4-6-10(14)11(8)20-13-17-16-12(19)18(13)2/h4-6,9H,3,7,15H2,1-2H3,(H,16,19). The smallest absolute Gasteiger partial charge is 0.327 e. The van der Waals surface area contributed by atoms with Crippen molar-refractivity contribution in [3.8, 4) is 0 Å². The van der Waals surface area contributed by atoms with E-state index in [4.69, 9.17) is 17.3 Å². The van der Waals surface area contributed by atoms with E-state index < -0.39 is 0 Å². The quantitative estimate of drug-likeness (QED) is 0.887. The zero-order valence-corrected chi connectivity index (χ0v) is 13.0. The number of halogens is 1. The molecule has 0 saturated carbocycles. The number of hydrogen-bond donors (Lipinski definition) is 2. The molecule has 0 aliphatic heterocycles. The number of aromatic amines is 1. The maximum atomic E-state index is 11.4. The number of aromatic nitrogens is 3. The lowest BCUT2D eigenvalue weighted by atomic mass is 10.0. The topological polar surface area (TPSA) is 76.7 Å². The maximum Gasteiger partial charge on any atom is 0.343 e. The van der Waals surface area contributed by atoms with Crippen molar-refractivity contribution in [2.45, 2.75) is 35.9 Å². The van der Waals surface area contributed by atoms with Crippen molar-refractivity contribution in [1.29, 1.82) is 0 Å². The molecule has 2 rings (SSSR count). The fraction of sp³-hybridized carbons (Fsp3) is 0.385. The molecule has 1 aromatic heterocycles. The van der Waals surface area contributed by atoms with Crippen LogP contribution >= 0.6 is 23.4 Å². The first kappa shape index (κ1) is 15.2. The van der Waals surface area contributed by atoms with Gasteiger partial charge in [-0.25, -0.2) is 9.89 Å². The van der Waals surface area contributed by atoms with Crippen molar-refractivity contribution in [2.24, 2.45) is 12.8 Å². The molecule has 1 aromatic carbocycles. The number of hydrogen-bond acceptors (Lipinski definition) is 4. The second-order valence-electron chi connectivity index (χ2n) is 4.57. The van der Waals surface area contributed by atoms with Crippen molar-refractivity contribution in [3.05, 3.63) is 39.3 Å². The van der Waals surface area contributed by atoms with Crippen LogP contribution in [0.25, 0.3) is 0 Å². The summed E-state index contributed by atoms with van der Waals surface area (Å²) in [7, 11) is 1.67. The molecule has 20 heavy (non-hydrogen) atoms. The predicted molar refractivity (Wildman–Crippen MR) is 81.4 cm³/mol. The van der Waals surface area contributed by atoms with Gasteiger partial charge in [-0.05, 0) is 36.2 Å². The number of benzene rings is 1. The average molecular weight is 313 g/mol. The molecule has 0 amide bonds. The van der Waals surface area contributed by atoms with Crippen molar-refractivity contribution in [2.75, 3.05) is 0 Å². The number of nitrogens with zero attached hydrogens (tertiary/aromatic N) is 2. The fourth-order valence-electron chi connectivity index (χ4n) is 1.77. The van der Waals surface area contributed by atoms with Gasteiger partial charge in [0.15, 0.2) is 5.16 Å². The van der Waals surface area contributed by atoms with Gasteiger partial charge in [0.25, 0.3) is 0 Å². The van der Waals surface area contributed by atoms with Gasteiger partial charge in [0.2, 0.25) is 0 Å². The molecule has 0 saturated heterocycles. The first-order valence-corrected chi connectivity index (χ1v) is 7.54. The highest BCUT2D eigenvalue weighted by molar-refractivity contribution is 7.99. The van der Waals surface area contributed by atoms with Crippen LogP contribution in [-0.2, 0) is 13.5 Å². The van der Waals surface area contributed by atoms with E-state index in [1.807, 2.05) is 18.2 Å². The van der Waals surface area contributed by atoms with Crippen molar-refractivity contribution in [3.63, 3.8) is 0 Å². The van der Waals surface area contributed by atoms with Crippen LogP contribution in [0.3, 0.4) is 0 Å². The molecule has 1 unspecified atom stereocenters. The van der Waals surface area contributed by atoms with Crippen LogP contribution in [0.15, 0.2) is 33.0 Å². The van der Waals surface area contributed by atoms with E-state index in [1.165, 1.54) is 16.3 Å². The number of rotatable bonds is 5. The largest absolute Gasteiger partial charge is 0.343 e. The van der Waals surface area contributed by atoms with E-state index >= 15 is 0 Å². The minimum absolute atomic E-state index is 0.0934. The summed E-state index contributed by atoms with van der Waals surface area (Å²) in [5, 5.41) is 7.63. The van der Waals surface area contributed by atoms with Crippen LogP contribution < -0.4 is 11.4 Å². The predicted octanol–water partition coefficient (Wildman–Crippen LogP) is 2.19. The van der Waals surface area contributed by atoms with Gasteiger partial charge < -0.3 is 5.73 Å². The van der Waals surface area contributed by atoms with Gasteiger partial charge in [-0.2, -0.15) is 0 Å². The van der Waals surface area contributed by atoms with Gasteiger partial charge in [0.05, 0.1) is 5.02 Å². The van der Waals surface area contributed by atoms with Crippen LogP contribution in [0, 0.1) is 0 Å². The van der Waals surface area contributed by atoms with Gasteiger partial charge in [-0.1, -0.05) is 30.7 Å². The second-order valence-corrected chi connectivity index (χ2v) is 5.96. The maximum absolute atomic E-state index is 11.4. The number of H-pyrrole nitrogens is 1. The van der Waals surface area contributed by atoms with Gasteiger partial charge in [0.1, 0.15) is 0 Å². The molecule has 0 radical (unpaired) electrons. The summed E-state index contributed by atoms with van der Waals surface area (Å²) in [4.78, 5) is 12.3. The van der Waals surface area contributed by atoms with Crippen molar-refractivity contribution < 1.29 is 0 Å². The molecule has 5 nitrogen and oxygen atoms in total. The van der Waals surface area contributed by atoms with E-state index in [0.29, 0.717) is 10.2 Å². The molecule has 1 atom stereocenters. The van der Waals surface area contributed by atoms with E-state index in [9.17, 15) is 4.79 Å². The molecular weight excluding hydrogens is 296 g/mol. The zero-order chi connectivity index (χ0) is 14.7. The Bertz CT molecular complexity index is 652. The minimum atomic E-state index is -0.244. The van der Waals surface area contributed by atoms with Gasteiger partial charge in [0, 0.05) is 18.0 Å². The van der Waals surface area contributed by atoms with Crippen LogP contribution in [0.2, 0.25) is 5.02 Å². The highest BCUT2D eigenvalue weighted by Crippen LogP contribution is 2.35. The molecule has 108 valence electrons. The zero-order valence-electron chi connectivity index (χ0n) is 11.4. The summed E-state index contributed by atoms with van der Waals surface area (Å²) in [5.74, 6) is 0. The molecule has 3 N–H and O–H groups in total. The van der Waals surface area contributed by atoms with E-state index in [1.54, 1.807) is 7.05 Å². The molecule has 0 bridgehead atoms. The van der Waals surface area contributed by atoms with E-state index in [2.05, 4.69) is 17.1 Å². The molecule has 0 spiro atoms. The number of nitrogens with one attached hydrogen (secondary N) is 1. The molecule has 0 fully saturated rings. The SMILES string of the molecule is CCC(N)Cc1cccc(Cl)c1Sc1n[nH]c(=O)n1C. The molecule has 2 aromatic rings. The Labute approximate surface area is 126 Å². The van der Waals surface area contributed by atoms with Crippen LogP contribution in [0.5, 0.6) is 0 Å². The molecule has 0 aliphatic carbocycles. The highest BCUT2D eigenvalue weighted by atomic mass is 35.5. The van der Waals surface area contributed by atoms with Gasteiger partial charge >= 0.3 is 5.69 Å². The summed E-state index contributed by atoms with van der Waals surface area (Å²) in [5.41, 5.74) is 6.85. The molecular formula is C13H17ClN4OS.